The Morgan fingerprint density at radius 1 is 1.30 bits per heavy atom. The van der Waals surface area contributed by atoms with Gasteiger partial charge in [0.05, 0.1) is 13.7 Å². The first-order valence-corrected chi connectivity index (χ1v) is 11.4. The van der Waals surface area contributed by atoms with E-state index in [-0.39, 0.29) is 18.5 Å². The van der Waals surface area contributed by atoms with Crippen molar-refractivity contribution in [2.24, 2.45) is 0 Å². The highest BCUT2D eigenvalue weighted by Crippen LogP contribution is 2.19. The summed E-state index contributed by atoms with van der Waals surface area (Å²) in [5, 5.41) is 3.84. The Morgan fingerprint density at radius 2 is 2.07 bits per heavy atom. The largest absolute Gasteiger partial charge is 0.497 e. The molecule has 0 aliphatic rings. The number of nitrogens with zero attached hydrogens (tertiary/aromatic N) is 4. The molecule has 0 radical (unpaired) electrons. The summed E-state index contributed by atoms with van der Waals surface area (Å²) >= 11 is 1.32. The number of aromatic nitrogens is 2. The van der Waals surface area contributed by atoms with E-state index >= 15 is 0 Å². The lowest BCUT2D eigenvalue weighted by Crippen LogP contribution is -2.40. The zero-order valence-electron chi connectivity index (χ0n) is 18.9. The van der Waals surface area contributed by atoms with E-state index in [9.17, 15) is 4.79 Å². The minimum Gasteiger partial charge on any atom is -0.497 e. The predicted molar refractivity (Wildman–Crippen MR) is 124 cm³/mol. The van der Waals surface area contributed by atoms with Crippen LogP contribution in [0.15, 0.2) is 24.3 Å². The third kappa shape index (κ3) is 7.91. The Hall–Kier alpha value is -2.19. The van der Waals surface area contributed by atoms with Gasteiger partial charge in [-0.05, 0) is 57.1 Å². The second kappa shape index (κ2) is 12.5. The smallest absolute Gasteiger partial charge is 0.239 e. The molecule has 1 amide bonds. The Morgan fingerprint density at radius 3 is 2.77 bits per heavy atom. The summed E-state index contributed by atoms with van der Waals surface area (Å²) in [6.45, 7) is 9.92. The van der Waals surface area contributed by atoms with Gasteiger partial charge in [0.15, 0.2) is 0 Å². The maximum absolute atomic E-state index is 12.4. The zero-order valence-corrected chi connectivity index (χ0v) is 19.7. The van der Waals surface area contributed by atoms with Crippen LogP contribution in [0.4, 0.5) is 5.13 Å². The molecule has 0 bridgehead atoms. The molecule has 30 heavy (non-hydrogen) atoms. The number of nitrogens with one attached hydrogen (secondary N) is 1. The van der Waals surface area contributed by atoms with Gasteiger partial charge in [0.2, 0.25) is 11.0 Å². The Kier molecular flexibility index (Phi) is 10.0. The number of methoxy groups -OCH3 is 1. The van der Waals surface area contributed by atoms with E-state index in [0.29, 0.717) is 6.42 Å². The van der Waals surface area contributed by atoms with Gasteiger partial charge in [0.1, 0.15) is 11.6 Å². The number of hydrogen-bond acceptors (Lipinski definition) is 7. The average molecular weight is 434 g/mol. The van der Waals surface area contributed by atoms with E-state index in [1.807, 2.05) is 36.2 Å². The van der Waals surface area contributed by atoms with Gasteiger partial charge in [-0.25, -0.2) is 4.98 Å². The second-order valence-corrected chi connectivity index (χ2v) is 8.25. The molecule has 1 aromatic carbocycles. The van der Waals surface area contributed by atoms with Gasteiger partial charge in [-0.1, -0.05) is 26.0 Å². The van der Waals surface area contributed by atoms with Crippen LogP contribution in [0.5, 0.6) is 5.75 Å². The van der Waals surface area contributed by atoms with Crippen molar-refractivity contribution in [3.05, 3.63) is 35.7 Å². The summed E-state index contributed by atoms with van der Waals surface area (Å²) in [6, 6.07) is 8.06. The van der Waals surface area contributed by atoms with Crippen LogP contribution < -0.4 is 15.0 Å². The molecular weight excluding hydrogens is 398 g/mol. The van der Waals surface area contributed by atoms with Crippen LogP contribution >= 0.6 is 11.5 Å². The highest BCUT2D eigenvalue weighted by molar-refractivity contribution is 7.09. The number of benzene rings is 1. The molecule has 2 aromatic rings. The molecule has 1 N–H and O–H groups in total. The summed E-state index contributed by atoms with van der Waals surface area (Å²) in [4.78, 5) is 21.2. The first kappa shape index (κ1) is 24.1. The molecule has 0 saturated carbocycles. The third-order valence-corrected chi connectivity index (χ3v) is 5.94. The average Bonchev–Trinajstić information content (AvgIpc) is 3.20. The summed E-state index contributed by atoms with van der Waals surface area (Å²) in [5.74, 6) is 1.58. The first-order chi connectivity index (χ1) is 14.4. The fourth-order valence-electron chi connectivity index (χ4n) is 3.27. The van der Waals surface area contributed by atoms with E-state index in [0.717, 1.165) is 54.7 Å². The minimum absolute atomic E-state index is 0.0115. The highest BCUT2D eigenvalue weighted by Gasteiger charge is 2.14. The van der Waals surface area contributed by atoms with Gasteiger partial charge in [0, 0.05) is 31.0 Å². The van der Waals surface area contributed by atoms with Crippen molar-refractivity contribution in [1.29, 1.82) is 0 Å². The van der Waals surface area contributed by atoms with Crippen LogP contribution in [0, 0.1) is 0 Å². The fraction of sp³-hybridized carbons (Fsp3) is 0.591. The maximum atomic E-state index is 12.4. The van der Waals surface area contributed by atoms with Crippen LogP contribution in [-0.4, -0.2) is 66.5 Å². The van der Waals surface area contributed by atoms with Crippen molar-refractivity contribution < 1.29 is 9.53 Å². The van der Waals surface area contributed by atoms with E-state index < -0.39 is 0 Å². The van der Waals surface area contributed by atoms with Crippen molar-refractivity contribution in [2.45, 2.75) is 46.1 Å². The molecule has 1 aromatic heterocycles. The molecule has 0 aliphatic carbocycles. The Balaban J connectivity index is 1.78. The third-order valence-electron chi connectivity index (χ3n) is 5.07. The van der Waals surface area contributed by atoms with E-state index in [1.54, 1.807) is 7.11 Å². The molecule has 0 aliphatic heterocycles. The van der Waals surface area contributed by atoms with E-state index in [1.165, 1.54) is 11.5 Å². The lowest BCUT2D eigenvalue weighted by atomic mass is 10.1. The van der Waals surface area contributed by atoms with Gasteiger partial charge >= 0.3 is 0 Å². The van der Waals surface area contributed by atoms with Crippen LogP contribution in [0.2, 0.25) is 0 Å². The van der Waals surface area contributed by atoms with Crippen molar-refractivity contribution in [3.63, 3.8) is 0 Å². The number of hydrogen-bond donors (Lipinski definition) is 1. The molecule has 0 unspecified atom stereocenters. The molecule has 0 saturated heterocycles. The van der Waals surface area contributed by atoms with E-state index in [4.69, 9.17) is 4.74 Å². The number of rotatable bonds is 13. The van der Waals surface area contributed by atoms with Crippen LogP contribution in [0.25, 0.3) is 0 Å². The minimum atomic E-state index is 0.0115. The summed E-state index contributed by atoms with van der Waals surface area (Å²) in [7, 11) is 3.53. The van der Waals surface area contributed by atoms with Crippen molar-refractivity contribution in [3.8, 4) is 5.75 Å². The van der Waals surface area contributed by atoms with Gasteiger partial charge in [0.25, 0.3) is 0 Å². The molecule has 7 nitrogen and oxygen atoms in total. The predicted octanol–water partition coefficient (Wildman–Crippen LogP) is 3.20. The molecule has 166 valence electrons. The van der Waals surface area contributed by atoms with Gasteiger partial charge in [-0.2, -0.15) is 4.37 Å². The summed E-state index contributed by atoms with van der Waals surface area (Å²) in [5.41, 5.74) is 1.10. The molecule has 0 spiro atoms. The normalized spacial score (nSPS) is 12.1. The standard InChI is InChI=1S/C22H35N5O2S/c1-6-27(7-2)13-9-10-17(3)23-21(28)16-26(4)22-24-20(25-30-22)15-18-11-8-12-19(14-18)29-5/h8,11-12,14,17H,6-7,9-10,13,15-16H2,1-5H3,(H,23,28)/t17-/m1/s1. The van der Waals surface area contributed by atoms with Crippen LogP contribution in [0.1, 0.15) is 45.0 Å². The monoisotopic (exact) mass is 433 g/mol. The SMILES string of the molecule is CCN(CC)CCC[C@@H](C)NC(=O)CN(C)c1nc(Cc2cccc(OC)c2)ns1. The number of carbonyl (C=O) groups is 1. The van der Waals surface area contributed by atoms with Crippen LogP contribution in [-0.2, 0) is 11.2 Å². The van der Waals surface area contributed by atoms with Crippen molar-refractivity contribution in [1.82, 2.24) is 19.6 Å². The van der Waals surface area contributed by atoms with Gasteiger partial charge < -0.3 is 19.9 Å². The maximum Gasteiger partial charge on any atom is 0.239 e. The topological polar surface area (TPSA) is 70.6 Å². The molecule has 2 rings (SSSR count). The van der Waals surface area contributed by atoms with Gasteiger partial charge in [-0.3, -0.25) is 4.79 Å². The van der Waals surface area contributed by atoms with Gasteiger partial charge in [-0.15, -0.1) is 0 Å². The quantitative estimate of drug-likeness (QED) is 0.523. The lowest BCUT2D eigenvalue weighted by molar-refractivity contribution is -0.120. The lowest BCUT2D eigenvalue weighted by Gasteiger charge is -2.21. The molecule has 1 atom stereocenters. The number of ether oxygens (including phenoxy) is 1. The molecular formula is C22H35N5O2S. The summed E-state index contributed by atoms with van der Waals surface area (Å²) in [6.07, 6.45) is 2.70. The number of carbonyl (C=O) groups excluding carboxylic acids is 1. The van der Waals surface area contributed by atoms with Crippen molar-refractivity contribution >= 4 is 22.6 Å². The molecule has 0 fully saturated rings. The fourth-order valence-corrected chi connectivity index (χ4v) is 3.92. The number of amides is 1. The van der Waals surface area contributed by atoms with Crippen molar-refractivity contribution in [2.75, 3.05) is 45.2 Å². The number of anilines is 1. The van der Waals surface area contributed by atoms with Crippen LogP contribution in [0.3, 0.4) is 0 Å². The first-order valence-electron chi connectivity index (χ1n) is 10.6. The molecule has 8 heteroatoms. The number of likely N-dealkylation sites (N-methyl/N-ethyl adjacent to an activating group) is 1. The summed E-state index contributed by atoms with van der Waals surface area (Å²) < 4.78 is 9.71. The molecule has 1 heterocycles. The van der Waals surface area contributed by atoms with E-state index in [2.05, 4.69) is 40.3 Å². The second-order valence-electron chi connectivity index (χ2n) is 7.52. The zero-order chi connectivity index (χ0) is 21.9. The Bertz CT molecular complexity index is 778. The highest BCUT2D eigenvalue weighted by atomic mass is 32.1. The Labute approximate surface area is 184 Å².